The van der Waals surface area contributed by atoms with Crippen molar-refractivity contribution in [3.63, 3.8) is 0 Å². The van der Waals surface area contributed by atoms with Crippen molar-refractivity contribution >= 4 is 17.6 Å². The number of carbonyl (C=O) groups excluding carboxylic acids is 2. The molecule has 0 atom stereocenters. The van der Waals surface area contributed by atoms with Crippen LogP contribution in [-0.2, 0) is 16.8 Å². The van der Waals surface area contributed by atoms with E-state index in [1.54, 1.807) is 31.3 Å². The van der Waals surface area contributed by atoms with Gasteiger partial charge in [-0.3, -0.25) is 4.79 Å². The normalized spacial score (nSPS) is 11.2. The van der Waals surface area contributed by atoms with Crippen molar-refractivity contribution in [2.45, 2.75) is 32.8 Å². The van der Waals surface area contributed by atoms with Crippen LogP contribution in [0.2, 0.25) is 0 Å². The molecule has 0 spiro atoms. The molecule has 0 bridgehead atoms. The average molecular weight is 393 g/mol. The minimum absolute atomic E-state index is 0.168. The monoisotopic (exact) mass is 393 g/mol. The van der Waals surface area contributed by atoms with E-state index >= 15 is 0 Å². The smallest absolute Gasteiger partial charge is 0.339 e. The van der Waals surface area contributed by atoms with Gasteiger partial charge < -0.3 is 14.2 Å². The number of nitrogens with zero attached hydrogens (tertiary/aromatic N) is 3. The second-order valence-corrected chi connectivity index (χ2v) is 7.58. The second-order valence-electron chi connectivity index (χ2n) is 7.58. The zero-order valence-corrected chi connectivity index (χ0v) is 16.9. The van der Waals surface area contributed by atoms with Crippen LogP contribution >= 0.6 is 0 Å². The first-order valence-electron chi connectivity index (χ1n) is 9.19. The highest BCUT2D eigenvalue weighted by molar-refractivity contribution is 6.11. The number of para-hydroxylation sites is 1. The molecule has 0 saturated heterocycles. The Hall–Kier alpha value is -3.48. The summed E-state index contributed by atoms with van der Waals surface area (Å²) in [7, 11) is 1.66. The summed E-state index contributed by atoms with van der Waals surface area (Å²) in [6.07, 6.45) is 0. The summed E-state index contributed by atoms with van der Waals surface area (Å²) >= 11 is 0. The van der Waals surface area contributed by atoms with Crippen LogP contribution in [0.15, 0.2) is 59.1 Å². The Bertz CT molecular complexity index is 1010. The first kappa shape index (κ1) is 20.3. The molecule has 1 amide bonds. The first-order valence-corrected chi connectivity index (χ1v) is 9.19. The standard InChI is InChI=1S/C22H23N3O4/c1-22(2,3)21-23-18(29-24-21)14-28-20(27)17-13-9-8-12-16(17)19(26)25(4)15-10-6-5-7-11-15/h5-13H,14H2,1-4H3. The molecular weight excluding hydrogens is 370 g/mol. The Balaban J connectivity index is 1.75. The molecule has 1 aromatic heterocycles. The molecule has 0 unspecified atom stereocenters. The fraction of sp³-hybridized carbons (Fsp3) is 0.273. The quantitative estimate of drug-likeness (QED) is 0.609. The predicted octanol–water partition coefficient (Wildman–Crippen LogP) is 4.00. The van der Waals surface area contributed by atoms with E-state index in [9.17, 15) is 9.59 Å². The van der Waals surface area contributed by atoms with Crippen LogP contribution in [0, 0.1) is 0 Å². The Labute approximate surface area is 169 Å². The molecule has 0 aliphatic rings. The number of hydrogen-bond donors (Lipinski definition) is 0. The summed E-state index contributed by atoms with van der Waals surface area (Å²) in [5.74, 6) is -0.209. The maximum absolute atomic E-state index is 12.9. The Morgan fingerprint density at radius 3 is 2.24 bits per heavy atom. The van der Waals surface area contributed by atoms with Crippen LogP contribution in [0.1, 0.15) is 53.2 Å². The molecule has 1 heterocycles. The summed E-state index contributed by atoms with van der Waals surface area (Å²) < 4.78 is 10.4. The van der Waals surface area contributed by atoms with Crippen molar-refractivity contribution in [2.75, 3.05) is 11.9 Å². The van der Waals surface area contributed by atoms with E-state index in [1.807, 2.05) is 51.1 Å². The lowest BCUT2D eigenvalue weighted by Gasteiger charge is -2.18. The van der Waals surface area contributed by atoms with Gasteiger partial charge in [-0.15, -0.1) is 0 Å². The van der Waals surface area contributed by atoms with E-state index in [4.69, 9.17) is 9.26 Å². The van der Waals surface area contributed by atoms with Crippen molar-refractivity contribution in [1.82, 2.24) is 10.1 Å². The van der Waals surface area contributed by atoms with Crippen molar-refractivity contribution in [3.8, 4) is 0 Å². The zero-order valence-electron chi connectivity index (χ0n) is 16.9. The summed E-state index contributed by atoms with van der Waals surface area (Å²) in [4.78, 5) is 31.3. The largest absolute Gasteiger partial charge is 0.452 e. The number of esters is 1. The van der Waals surface area contributed by atoms with Crippen LogP contribution in [0.4, 0.5) is 5.69 Å². The lowest BCUT2D eigenvalue weighted by molar-refractivity contribution is 0.0427. The van der Waals surface area contributed by atoms with Crippen LogP contribution in [0.3, 0.4) is 0 Å². The number of hydrogen-bond acceptors (Lipinski definition) is 6. The number of benzene rings is 2. The van der Waals surface area contributed by atoms with Gasteiger partial charge in [0, 0.05) is 18.2 Å². The van der Waals surface area contributed by atoms with Gasteiger partial charge in [-0.05, 0) is 24.3 Å². The van der Waals surface area contributed by atoms with E-state index < -0.39 is 5.97 Å². The van der Waals surface area contributed by atoms with Gasteiger partial charge in [-0.25, -0.2) is 4.79 Å². The molecule has 0 radical (unpaired) electrons. The average Bonchev–Trinajstić information content (AvgIpc) is 3.21. The molecule has 29 heavy (non-hydrogen) atoms. The zero-order chi connectivity index (χ0) is 21.0. The maximum Gasteiger partial charge on any atom is 0.339 e. The third-order valence-electron chi connectivity index (χ3n) is 4.29. The Kier molecular flexibility index (Phi) is 5.77. The van der Waals surface area contributed by atoms with Crippen LogP contribution in [0.25, 0.3) is 0 Å². The highest BCUT2D eigenvalue weighted by Gasteiger charge is 2.24. The van der Waals surface area contributed by atoms with E-state index in [-0.39, 0.29) is 34.9 Å². The second kappa shape index (κ2) is 8.26. The Morgan fingerprint density at radius 1 is 1.00 bits per heavy atom. The molecular formula is C22H23N3O4. The minimum Gasteiger partial charge on any atom is -0.452 e. The first-order chi connectivity index (χ1) is 13.8. The molecule has 2 aromatic carbocycles. The number of rotatable bonds is 5. The molecule has 0 fully saturated rings. The lowest BCUT2D eigenvalue weighted by atomic mass is 9.96. The van der Waals surface area contributed by atoms with E-state index in [0.29, 0.717) is 5.82 Å². The van der Waals surface area contributed by atoms with Gasteiger partial charge in [0.2, 0.25) is 0 Å². The summed E-state index contributed by atoms with van der Waals surface area (Å²) in [6, 6.07) is 15.7. The maximum atomic E-state index is 12.9. The fourth-order valence-electron chi connectivity index (χ4n) is 2.62. The lowest BCUT2D eigenvalue weighted by Crippen LogP contribution is -2.28. The van der Waals surface area contributed by atoms with Gasteiger partial charge in [0.25, 0.3) is 11.8 Å². The molecule has 3 aromatic rings. The van der Waals surface area contributed by atoms with Gasteiger partial charge in [-0.2, -0.15) is 4.98 Å². The van der Waals surface area contributed by atoms with Gasteiger partial charge >= 0.3 is 5.97 Å². The SMILES string of the molecule is CN(C(=O)c1ccccc1C(=O)OCc1nc(C(C)(C)C)no1)c1ccccc1. The fourth-order valence-corrected chi connectivity index (χ4v) is 2.62. The molecule has 0 aliphatic heterocycles. The topological polar surface area (TPSA) is 85.5 Å². The van der Waals surface area contributed by atoms with Crippen LogP contribution in [-0.4, -0.2) is 29.1 Å². The van der Waals surface area contributed by atoms with Gasteiger partial charge in [0.05, 0.1) is 11.1 Å². The number of anilines is 1. The van der Waals surface area contributed by atoms with Crippen molar-refractivity contribution in [1.29, 1.82) is 0 Å². The van der Waals surface area contributed by atoms with E-state index in [0.717, 1.165) is 5.69 Å². The van der Waals surface area contributed by atoms with Crippen molar-refractivity contribution in [3.05, 3.63) is 77.4 Å². The molecule has 3 rings (SSSR count). The number of carbonyl (C=O) groups is 2. The predicted molar refractivity (Wildman–Crippen MR) is 108 cm³/mol. The number of ether oxygens (including phenoxy) is 1. The van der Waals surface area contributed by atoms with Gasteiger partial charge in [0.15, 0.2) is 12.4 Å². The van der Waals surface area contributed by atoms with Gasteiger partial charge in [0.1, 0.15) is 0 Å². The summed E-state index contributed by atoms with van der Waals surface area (Å²) in [6.45, 7) is 5.70. The van der Waals surface area contributed by atoms with E-state index in [1.165, 1.54) is 4.90 Å². The highest BCUT2D eigenvalue weighted by atomic mass is 16.6. The molecule has 7 nitrogen and oxygen atoms in total. The third kappa shape index (κ3) is 4.68. The van der Waals surface area contributed by atoms with Gasteiger partial charge in [-0.1, -0.05) is 56.3 Å². The summed E-state index contributed by atoms with van der Waals surface area (Å²) in [5, 5.41) is 3.90. The van der Waals surface area contributed by atoms with Crippen molar-refractivity contribution in [2.24, 2.45) is 0 Å². The third-order valence-corrected chi connectivity index (χ3v) is 4.29. The molecule has 7 heteroatoms. The molecule has 0 aliphatic carbocycles. The summed E-state index contributed by atoms with van der Waals surface area (Å²) in [5.41, 5.74) is 0.883. The van der Waals surface area contributed by atoms with Crippen LogP contribution < -0.4 is 4.90 Å². The molecule has 0 saturated carbocycles. The molecule has 150 valence electrons. The Morgan fingerprint density at radius 2 is 1.62 bits per heavy atom. The minimum atomic E-state index is -0.633. The highest BCUT2D eigenvalue weighted by Crippen LogP contribution is 2.20. The number of aromatic nitrogens is 2. The number of amides is 1. The van der Waals surface area contributed by atoms with E-state index in [2.05, 4.69) is 10.1 Å². The molecule has 0 N–H and O–H groups in total. The van der Waals surface area contributed by atoms with Crippen molar-refractivity contribution < 1.29 is 18.8 Å². The van der Waals surface area contributed by atoms with Crippen LogP contribution in [0.5, 0.6) is 0 Å².